The maximum atomic E-state index is 11.7. The summed E-state index contributed by atoms with van der Waals surface area (Å²) in [6.07, 6.45) is 3.90. The van der Waals surface area contributed by atoms with Crippen molar-refractivity contribution < 1.29 is 9.59 Å². The topological polar surface area (TPSA) is 74.0 Å². The Bertz CT molecular complexity index is 559. The van der Waals surface area contributed by atoms with Crippen LogP contribution >= 0.6 is 0 Å². The molecule has 3 N–H and O–H groups in total. The van der Waals surface area contributed by atoms with E-state index in [-0.39, 0.29) is 11.8 Å². The number of anilines is 2. The summed E-state index contributed by atoms with van der Waals surface area (Å²) in [4.78, 5) is 25.5. The van der Waals surface area contributed by atoms with Crippen molar-refractivity contribution in [3.8, 4) is 0 Å². The first-order valence-electron chi connectivity index (χ1n) is 5.92. The van der Waals surface area contributed by atoms with Crippen molar-refractivity contribution in [1.82, 2.24) is 4.98 Å². The van der Waals surface area contributed by atoms with Crippen molar-refractivity contribution in [2.45, 2.75) is 13.3 Å². The standard InChI is InChI=1S/C14H15N3O2/c1-10(18)16-12-2-4-13(5-3-12)17-14(19)8-11-6-7-15-9-11/h2-7,9,15H,8H2,1H3,(H,16,18)(H,17,19). The second-order valence-electron chi connectivity index (χ2n) is 4.20. The molecule has 1 heterocycles. The van der Waals surface area contributed by atoms with Crippen LogP contribution in [0.3, 0.4) is 0 Å². The van der Waals surface area contributed by atoms with E-state index in [9.17, 15) is 9.59 Å². The van der Waals surface area contributed by atoms with E-state index in [1.165, 1.54) is 6.92 Å². The van der Waals surface area contributed by atoms with Crippen molar-refractivity contribution >= 4 is 23.2 Å². The number of carbonyl (C=O) groups excluding carboxylic acids is 2. The predicted molar refractivity (Wildman–Crippen MR) is 73.9 cm³/mol. The van der Waals surface area contributed by atoms with Gasteiger partial charge in [0.05, 0.1) is 6.42 Å². The Morgan fingerprint density at radius 3 is 2.21 bits per heavy atom. The second kappa shape index (κ2) is 5.86. The molecular formula is C14H15N3O2. The molecule has 19 heavy (non-hydrogen) atoms. The van der Waals surface area contributed by atoms with Gasteiger partial charge >= 0.3 is 0 Å². The highest BCUT2D eigenvalue weighted by atomic mass is 16.2. The minimum absolute atomic E-state index is 0.0770. The summed E-state index contributed by atoms with van der Waals surface area (Å²) in [6.45, 7) is 1.45. The van der Waals surface area contributed by atoms with Crippen LogP contribution in [0.2, 0.25) is 0 Å². The molecule has 0 radical (unpaired) electrons. The lowest BCUT2D eigenvalue weighted by Gasteiger charge is -2.06. The molecule has 0 bridgehead atoms. The van der Waals surface area contributed by atoms with Gasteiger partial charge in [0.2, 0.25) is 11.8 Å². The Labute approximate surface area is 111 Å². The van der Waals surface area contributed by atoms with Gasteiger partial charge in [0.25, 0.3) is 0 Å². The first-order chi connectivity index (χ1) is 9.13. The monoisotopic (exact) mass is 257 g/mol. The van der Waals surface area contributed by atoms with Gasteiger partial charge in [0, 0.05) is 30.7 Å². The van der Waals surface area contributed by atoms with Crippen molar-refractivity contribution in [2.75, 3.05) is 10.6 Å². The van der Waals surface area contributed by atoms with Gasteiger partial charge in [-0.1, -0.05) is 0 Å². The van der Waals surface area contributed by atoms with Gasteiger partial charge < -0.3 is 15.6 Å². The molecule has 1 aromatic heterocycles. The van der Waals surface area contributed by atoms with Crippen LogP contribution in [0, 0.1) is 0 Å². The normalized spacial score (nSPS) is 9.95. The van der Waals surface area contributed by atoms with E-state index < -0.39 is 0 Å². The maximum absolute atomic E-state index is 11.7. The first-order valence-corrected chi connectivity index (χ1v) is 5.92. The summed E-state index contributed by atoms with van der Waals surface area (Å²) in [7, 11) is 0. The zero-order valence-corrected chi connectivity index (χ0v) is 10.6. The van der Waals surface area contributed by atoms with E-state index in [1.54, 1.807) is 36.7 Å². The smallest absolute Gasteiger partial charge is 0.228 e. The highest BCUT2D eigenvalue weighted by Crippen LogP contribution is 2.13. The highest BCUT2D eigenvalue weighted by molar-refractivity contribution is 5.93. The lowest BCUT2D eigenvalue weighted by molar-refractivity contribution is -0.116. The van der Waals surface area contributed by atoms with Crippen LogP contribution < -0.4 is 10.6 Å². The largest absolute Gasteiger partial charge is 0.367 e. The molecule has 2 aromatic rings. The molecule has 5 heteroatoms. The third-order valence-corrected chi connectivity index (χ3v) is 2.52. The Hall–Kier alpha value is -2.56. The van der Waals surface area contributed by atoms with Crippen molar-refractivity contribution in [3.63, 3.8) is 0 Å². The number of benzene rings is 1. The van der Waals surface area contributed by atoms with Gasteiger partial charge in [-0.05, 0) is 35.9 Å². The van der Waals surface area contributed by atoms with Crippen LogP contribution in [0.25, 0.3) is 0 Å². The number of H-pyrrole nitrogens is 1. The Kier molecular flexibility index (Phi) is 3.97. The van der Waals surface area contributed by atoms with Crippen molar-refractivity contribution in [3.05, 3.63) is 48.3 Å². The zero-order chi connectivity index (χ0) is 13.7. The van der Waals surface area contributed by atoms with Gasteiger partial charge in [-0.25, -0.2) is 0 Å². The molecule has 0 fully saturated rings. The van der Waals surface area contributed by atoms with E-state index in [0.29, 0.717) is 17.8 Å². The van der Waals surface area contributed by atoms with Crippen LogP contribution in [-0.4, -0.2) is 16.8 Å². The minimum atomic E-state index is -0.121. The molecule has 98 valence electrons. The molecule has 0 unspecified atom stereocenters. The molecule has 5 nitrogen and oxygen atoms in total. The number of amides is 2. The van der Waals surface area contributed by atoms with E-state index in [0.717, 1.165) is 5.56 Å². The molecule has 0 aliphatic rings. The third kappa shape index (κ3) is 3.99. The number of aromatic nitrogens is 1. The number of aromatic amines is 1. The fourth-order valence-corrected chi connectivity index (χ4v) is 1.70. The number of hydrogen-bond acceptors (Lipinski definition) is 2. The molecule has 0 saturated carbocycles. The van der Waals surface area contributed by atoms with Crippen LogP contribution in [0.15, 0.2) is 42.7 Å². The molecule has 0 aliphatic heterocycles. The molecule has 0 aliphatic carbocycles. The van der Waals surface area contributed by atoms with Crippen LogP contribution in [0.1, 0.15) is 12.5 Å². The average Bonchev–Trinajstić information content (AvgIpc) is 2.83. The van der Waals surface area contributed by atoms with E-state index in [1.807, 2.05) is 6.07 Å². The number of hydrogen-bond donors (Lipinski definition) is 3. The lowest BCUT2D eigenvalue weighted by atomic mass is 10.2. The quantitative estimate of drug-likeness (QED) is 0.785. The van der Waals surface area contributed by atoms with E-state index in [4.69, 9.17) is 0 Å². The van der Waals surface area contributed by atoms with Crippen LogP contribution in [0.5, 0.6) is 0 Å². The fourth-order valence-electron chi connectivity index (χ4n) is 1.70. The summed E-state index contributed by atoms with van der Waals surface area (Å²) < 4.78 is 0. The van der Waals surface area contributed by atoms with Gasteiger partial charge in [-0.15, -0.1) is 0 Å². The minimum Gasteiger partial charge on any atom is -0.367 e. The van der Waals surface area contributed by atoms with Crippen LogP contribution in [0.4, 0.5) is 11.4 Å². The number of rotatable bonds is 4. The summed E-state index contributed by atoms with van der Waals surface area (Å²) in [5, 5.41) is 5.46. The zero-order valence-electron chi connectivity index (χ0n) is 10.6. The first kappa shape index (κ1) is 12.9. The average molecular weight is 257 g/mol. The Morgan fingerprint density at radius 2 is 1.68 bits per heavy atom. The molecule has 0 saturated heterocycles. The maximum Gasteiger partial charge on any atom is 0.228 e. The SMILES string of the molecule is CC(=O)Nc1ccc(NC(=O)Cc2cc[nH]c2)cc1. The molecule has 0 atom stereocenters. The number of carbonyl (C=O) groups is 2. The van der Waals surface area contributed by atoms with E-state index >= 15 is 0 Å². The van der Waals surface area contributed by atoms with E-state index in [2.05, 4.69) is 15.6 Å². The van der Waals surface area contributed by atoms with Crippen molar-refractivity contribution in [1.29, 1.82) is 0 Å². The molecule has 0 spiro atoms. The van der Waals surface area contributed by atoms with Gasteiger partial charge in [-0.3, -0.25) is 9.59 Å². The Balaban J connectivity index is 1.92. The van der Waals surface area contributed by atoms with Gasteiger partial charge in [-0.2, -0.15) is 0 Å². The fraction of sp³-hybridized carbons (Fsp3) is 0.143. The highest BCUT2D eigenvalue weighted by Gasteiger charge is 2.04. The lowest BCUT2D eigenvalue weighted by Crippen LogP contribution is -2.14. The molecule has 1 aromatic carbocycles. The van der Waals surface area contributed by atoms with Crippen molar-refractivity contribution in [2.24, 2.45) is 0 Å². The predicted octanol–water partition coefficient (Wildman–Crippen LogP) is 2.15. The second-order valence-corrected chi connectivity index (χ2v) is 4.20. The van der Waals surface area contributed by atoms with Gasteiger partial charge in [0.15, 0.2) is 0 Å². The summed E-state index contributed by atoms with van der Waals surface area (Å²) in [6, 6.07) is 8.85. The summed E-state index contributed by atoms with van der Waals surface area (Å²) in [5.41, 5.74) is 2.35. The summed E-state index contributed by atoms with van der Waals surface area (Å²) in [5.74, 6) is -0.198. The van der Waals surface area contributed by atoms with Gasteiger partial charge in [0.1, 0.15) is 0 Å². The summed E-state index contributed by atoms with van der Waals surface area (Å²) >= 11 is 0. The molecule has 2 rings (SSSR count). The molecular weight excluding hydrogens is 242 g/mol. The Morgan fingerprint density at radius 1 is 1.05 bits per heavy atom. The third-order valence-electron chi connectivity index (χ3n) is 2.52. The number of nitrogens with one attached hydrogen (secondary N) is 3. The molecule has 2 amide bonds. The van der Waals surface area contributed by atoms with Crippen LogP contribution in [-0.2, 0) is 16.0 Å².